The van der Waals surface area contributed by atoms with Gasteiger partial charge in [0, 0.05) is 179 Å². The topological polar surface area (TPSA) is 269 Å². The smallest absolute Gasteiger partial charge is 0.147 e. The van der Waals surface area contributed by atoms with Gasteiger partial charge >= 0.3 is 0 Å². The number of anilines is 2. The molecule has 4 aliphatic rings. The molecule has 0 unspecified atom stereocenters. The van der Waals surface area contributed by atoms with Gasteiger partial charge in [-0.2, -0.15) is 45.3 Å². The summed E-state index contributed by atoms with van der Waals surface area (Å²) in [5, 5.41) is 37.2. The number of benzene rings is 6. The van der Waals surface area contributed by atoms with Gasteiger partial charge in [0.2, 0.25) is 0 Å². The number of thioether (sulfide) groups is 3. The molecule has 0 amide bonds. The van der Waals surface area contributed by atoms with Crippen molar-refractivity contribution in [2.24, 2.45) is 22.3 Å². The highest BCUT2D eigenvalue weighted by molar-refractivity contribution is 14.1. The van der Waals surface area contributed by atoms with Crippen LogP contribution in [0.2, 0.25) is 30.1 Å². The van der Waals surface area contributed by atoms with Crippen LogP contribution in [0.4, 0.5) is 11.6 Å². The van der Waals surface area contributed by atoms with Crippen LogP contribution in [0, 0.1) is 14.4 Å². The molecule has 24 nitrogen and oxygen atoms in total. The Morgan fingerprint density at radius 1 is 0.381 bits per heavy atom. The lowest BCUT2D eigenvalue weighted by Gasteiger charge is -2.41. The van der Waals surface area contributed by atoms with E-state index in [2.05, 4.69) is 241 Å². The molecule has 0 bridgehead atoms. The maximum atomic E-state index is 6.71. The van der Waals surface area contributed by atoms with Crippen molar-refractivity contribution >= 4 is 190 Å². The summed E-state index contributed by atoms with van der Waals surface area (Å²) in [6.07, 6.45) is 30.2. The largest absolute Gasteiger partial charge is 0.376 e. The monoisotopic (exact) mass is 2280 g/mol. The highest BCUT2D eigenvalue weighted by Gasteiger charge is 2.49. The van der Waals surface area contributed by atoms with Crippen LogP contribution in [0.15, 0.2) is 245 Å². The summed E-state index contributed by atoms with van der Waals surface area (Å²) in [5.74, 6) is 1.79. The Hall–Kier alpha value is -7.04. The maximum Gasteiger partial charge on any atom is 0.147 e. The molecule has 736 valence electrons. The van der Waals surface area contributed by atoms with Crippen LogP contribution in [0.5, 0.6) is 0 Å². The molecule has 4 atom stereocenters. The van der Waals surface area contributed by atoms with E-state index in [0.29, 0.717) is 32.8 Å². The first-order valence-electron chi connectivity index (χ1n) is 46.1. The number of piperidine rings is 2. The SMILES string of the molecule is CC(C)(C)Sc1cccc(I)c1Cl.CCn1cc(-c2cccc(SC(C)(C)C)c2Cl)cn1.CCn1cc(-c2cccc(SC(C)(C)C)c2Cl)cn1.CCn1cc(-c2cccc(Sc3cnc(Br)cn3)c2Cl)cn1.CCn1ncc(-c2cccc(Sc3cnc(N4CCC5(CC4)CO[C@@H](C)[C@H]5N)cn3)c2Cl)n1.CCn1ncc(-c2cccc(Sc3cnc(N4CCC5(CC4)CO[C@@H](C)[C@H]5N)cn3)c2Cl)n1. The second-order valence-corrected chi connectivity index (χ2v) is 49.6. The Balaban J connectivity index is 0.000000145. The standard InChI is InChI=1S/2C23H28ClN7OS.C15H12BrClN4S.2C15H19ClN2S.C10H12ClIS/c2*1-3-31-28-11-17(29-31)16-5-4-6-18(21(16)24)33-20-13-26-19(12-27-20)30-9-7-23(8-10-30)14-32-15(2)22(23)25;1-2-21-9-10(6-20-21)11-4-3-5-12(15(11)17)22-14-8-18-13(16)7-19-14;2*1-5-18-10-11(9-17-18)12-7-6-8-13(14(12)16)19-15(2,3)4;1-10(2,3)13-8-6-4-5-7(12)9(8)11/h2*4-6,11-13,15,22H,3,7-10,14,25H2,1-2H3;3-9H,2H2,1H3;2*6-10H,5H2,1-4H3;4-6H,1-3H3/t2*15-,22+;;;;/m00..../s1. The van der Waals surface area contributed by atoms with Gasteiger partial charge in [-0.15, -0.1) is 35.3 Å². The third-order valence-corrected chi connectivity index (χ3v) is 34.5. The van der Waals surface area contributed by atoms with Gasteiger partial charge in [0.05, 0.1) is 137 Å². The van der Waals surface area contributed by atoms with Crippen LogP contribution in [0.1, 0.15) is 136 Å². The molecule has 2 spiro atoms. The van der Waals surface area contributed by atoms with Gasteiger partial charge < -0.3 is 30.7 Å². The summed E-state index contributed by atoms with van der Waals surface area (Å²) in [7, 11) is 0. The van der Waals surface area contributed by atoms with E-state index in [0.717, 1.165) is 210 Å². The van der Waals surface area contributed by atoms with Crippen molar-refractivity contribution in [1.82, 2.24) is 89.2 Å². The van der Waals surface area contributed by atoms with E-state index in [1.165, 1.54) is 40.2 Å². The number of aryl methyl sites for hydroxylation is 5. The van der Waals surface area contributed by atoms with E-state index in [-0.39, 0.29) is 49.4 Å². The fourth-order valence-corrected chi connectivity index (χ4v) is 24.0. The first-order valence-corrected chi connectivity index (χ1v) is 55.1. The summed E-state index contributed by atoms with van der Waals surface area (Å²) in [5.41, 5.74) is 22.5. The highest BCUT2D eigenvalue weighted by atomic mass is 127. The van der Waals surface area contributed by atoms with Crippen molar-refractivity contribution in [3.05, 3.63) is 234 Å². The molecule has 4 saturated heterocycles. The Bertz CT molecular complexity index is 6100. The molecular weight excluding hydrogens is 2170 g/mol. The molecule has 4 fully saturated rings. The second kappa shape index (κ2) is 49.7. The summed E-state index contributed by atoms with van der Waals surface area (Å²) >= 11 is 54.6. The van der Waals surface area contributed by atoms with Crippen LogP contribution in [-0.2, 0) is 42.2 Å². The van der Waals surface area contributed by atoms with Crippen molar-refractivity contribution < 1.29 is 9.47 Å². The number of halogens is 8. The normalized spacial score (nSPS) is 16.6. The minimum absolute atomic E-state index is 0.101. The zero-order valence-corrected chi connectivity index (χ0v) is 94.0. The van der Waals surface area contributed by atoms with Gasteiger partial charge in [-0.05, 0) is 155 Å². The number of hydrogen-bond acceptors (Lipinski definition) is 25. The van der Waals surface area contributed by atoms with Crippen molar-refractivity contribution in [2.75, 3.05) is 49.2 Å². The number of rotatable bonds is 21. The van der Waals surface area contributed by atoms with Crippen LogP contribution < -0.4 is 21.3 Å². The number of nitrogens with zero attached hydrogens (tertiary/aromatic N) is 20. The zero-order chi connectivity index (χ0) is 99.7. The molecule has 0 saturated carbocycles. The molecule has 38 heteroatoms. The Morgan fingerprint density at radius 3 is 0.978 bits per heavy atom. The van der Waals surface area contributed by atoms with E-state index in [1.54, 1.807) is 69.7 Å². The Morgan fingerprint density at radius 2 is 0.691 bits per heavy atom. The minimum atomic E-state index is 0.101. The Kier molecular flexibility index (Phi) is 39.0. The molecule has 8 aromatic heterocycles. The minimum Gasteiger partial charge on any atom is -0.376 e. The van der Waals surface area contributed by atoms with Gasteiger partial charge in [-0.25, -0.2) is 29.9 Å². The summed E-state index contributed by atoms with van der Waals surface area (Å²) in [6, 6.07) is 36.5. The predicted molar refractivity (Wildman–Crippen MR) is 589 cm³/mol. The first-order chi connectivity index (χ1) is 66.4. The molecule has 139 heavy (non-hydrogen) atoms. The molecule has 14 aromatic rings. The van der Waals surface area contributed by atoms with E-state index < -0.39 is 0 Å². The van der Waals surface area contributed by atoms with Crippen LogP contribution >= 0.6 is 179 Å². The van der Waals surface area contributed by atoms with E-state index in [9.17, 15) is 0 Å². The zero-order valence-electron chi connectivity index (χ0n) is 80.8. The molecular formula is C101H118BrCl6IN22O2S6. The quantitative estimate of drug-likeness (QED) is 0.0500. The van der Waals surface area contributed by atoms with Crippen LogP contribution in [0.3, 0.4) is 0 Å². The lowest BCUT2D eigenvalue weighted by molar-refractivity contribution is 0.0973. The molecule has 6 aromatic carbocycles. The van der Waals surface area contributed by atoms with Gasteiger partial charge in [-0.1, -0.05) is 234 Å². The van der Waals surface area contributed by atoms with E-state index in [1.807, 2.05) is 169 Å². The number of hydrogen-bond donors (Lipinski definition) is 2. The summed E-state index contributed by atoms with van der Waals surface area (Å²) < 4.78 is 19.7. The summed E-state index contributed by atoms with van der Waals surface area (Å²) in [4.78, 5) is 41.2. The van der Waals surface area contributed by atoms with Gasteiger partial charge in [0.1, 0.15) is 42.7 Å². The number of nitrogens with two attached hydrogens (primary N) is 2. The van der Waals surface area contributed by atoms with Crippen LogP contribution in [-0.4, -0.2) is 167 Å². The Labute approximate surface area is 894 Å². The predicted octanol–water partition coefficient (Wildman–Crippen LogP) is 27.8. The number of ether oxygens (including phenoxy) is 2. The summed E-state index contributed by atoms with van der Waals surface area (Å²) in [6.45, 7) is 43.2. The first kappa shape index (κ1) is 109. The van der Waals surface area contributed by atoms with Crippen molar-refractivity contribution in [2.45, 2.75) is 252 Å². The van der Waals surface area contributed by atoms with Gasteiger partial charge in [0.25, 0.3) is 0 Å². The molecule has 0 radical (unpaired) electrons. The molecule has 18 rings (SSSR count). The van der Waals surface area contributed by atoms with Crippen molar-refractivity contribution in [3.63, 3.8) is 0 Å². The van der Waals surface area contributed by atoms with Crippen molar-refractivity contribution in [1.29, 1.82) is 0 Å². The molecule has 4 aliphatic heterocycles. The van der Waals surface area contributed by atoms with Gasteiger partial charge in [-0.3, -0.25) is 14.0 Å². The molecule has 12 heterocycles. The lowest BCUT2D eigenvalue weighted by atomic mass is 9.73. The van der Waals surface area contributed by atoms with Crippen LogP contribution in [0.25, 0.3) is 55.9 Å². The third-order valence-electron chi connectivity index (χ3n) is 23.3. The highest BCUT2D eigenvalue weighted by Crippen LogP contribution is 2.49. The fraction of sp³-hybridized carbons (Fsp3) is 0.396. The maximum absolute atomic E-state index is 6.71. The average molecular weight is 2280 g/mol. The molecule has 4 N–H and O–H groups in total. The van der Waals surface area contributed by atoms with Gasteiger partial charge in [0.15, 0.2) is 0 Å². The van der Waals surface area contributed by atoms with E-state index >= 15 is 0 Å². The third kappa shape index (κ3) is 29.2. The lowest BCUT2D eigenvalue weighted by Crippen LogP contribution is -2.50. The van der Waals surface area contributed by atoms with Crippen molar-refractivity contribution in [3.8, 4) is 55.9 Å². The number of aromatic nitrogens is 18. The van der Waals surface area contributed by atoms with E-state index in [4.69, 9.17) is 90.5 Å². The fourth-order valence-electron chi connectivity index (χ4n) is 15.8. The average Bonchev–Trinajstić information content (AvgIpc) is 1.66. The second-order valence-electron chi connectivity index (χ2n) is 36.6. The molecule has 0 aliphatic carbocycles.